The van der Waals surface area contributed by atoms with E-state index in [9.17, 15) is 4.79 Å². The lowest BCUT2D eigenvalue weighted by atomic mass is 10.0. The first kappa shape index (κ1) is 15.4. The molecule has 0 bridgehead atoms. The number of ether oxygens (including phenoxy) is 2. The molecule has 0 aliphatic heterocycles. The van der Waals surface area contributed by atoms with Crippen molar-refractivity contribution in [3.63, 3.8) is 0 Å². The van der Waals surface area contributed by atoms with Crippen LogP contribution in [0.2, 0.25) is 0 Å². The minimum absolute atomic E-state index is 0.0470. The first-order valence-electron chi connectivity index (χ1n) is 6.41. The molecule has 0 aromatic rings. The summed E-state index contributed by atoms with van der Waals surface area (Å²) in [6, 6.07) is 0. The maximum atomic E-state index is 11.5. The molecule has 3 heteroatoms. The lowest BCUT2D eigenvalue weighted by Crippen LogP contribution is -2.32. The molecule has 0 aliphatic carbocycles. The van der Waals surface area contributed by atoms with Crippen molar-refractivity contribution in [2.75, 3.05) is 7.11 Å². The van der Waals surface area contributed by atoms with E-state index in [-0.39, 0.29) is 18.2 Å². The molecule has 2 unspecified atom stereocenters. The van der Waals surface area contributed by atoms with Gasteiger partial charge in [-0.3, -0.25) is 4.79 Å². The van der Waals surface area contributed by atoms with Gasteiger partial charge in [-0.05, 0) is 19.3 Å². The van der Waals surface area contributed by atoms with Gasteiger partial charge in [0.2, 0.25) is 0 Å². The van der Waals surface area contributed by atoms with E-state index in [0.717, 1.165) is 32.1 Å². The average Bonchev–Trinajstić information content (AvgIpc) is 2.25. The van der Waals surface area contributed by atoms with Crippen LogP contribution in [0.1, 0.15) is 59.3 Å². The van der Waals surface area contributed by atoms with Crippen molar-refractivity contribution in [2.45, 2.75) is 71.5 Å². The van der Waals surface area contributed by atoms with Gasteiger partial charge in [-0.15, -0.1) is 0 Å². The van der Waals surface area contributed by atoms with Crippen LogP contribution in [-0.2, 0) is 14.3 Å². The van der Waals surface area contributed by atoms with Crippen LogP contribution in [0.5, 0.6) is 0 Å². The van der Waals surface area contributed by atoms with Crippen molar-refractivity contribution in [3.8, 4) is 0 Å². The first-order valence-corrected chi connectivity index (χ1v) is 6.41. The van der Waals surface area contributed by atoms with Crippen LogP contribution < -0.4 is 0 Å². The second-order valence-electron chi connectivity index (χ2n) is 4.13. The number of carbonyl (C=O) groups excluding carboxylic acids is 1. The fraction of sp³-hybridized carbons (Fsp3) is 0.923. The fourth-order valence-electron chi connectivity index (χ4n) is 1.78. The summed E-state index contributed by atoms with van der Waals surface area (Å²) in [7, 11) is 1.69. The predicted octanol–water partition coefficient (Wildman–Crippen LogP) is 3.31. The second-order valence-corrected chi connectivity index (χ2v) is 4.13. The number of hydrogen-bond donors (Lipinski definition) is 0. The normalized spacial score (nSPS) is 14.5. The van der Waals surface area contributed by atoms with Crippen molar-refractivity contribution in [1.82, 2.24) is 0 Å². The highest BCUT2D eigenvalue weighted by Gasteiger charge is 2.23. The Labute approximate surface area is 99.5 Å². The van der Waals surface area contributed by atoms with E-state index in [4.69, 9.17) is 9.47 Å². The molecule has 0 saturated heterocycles. The largest absolute Gasteiger partial charge is 0.460 e. The van der Waals surface area contributed by atoms with E-state index in [1.165, 1.54) is 0 Å². The molecule has 96 valence electrons. The molecular formula is C13H26O3. The van der Waals surface area contributed by atoms with Gasteiger partial charge >= 0.3 is 5.97 Å². The molecule has 3 nitrogen and oxygen atoms in total. The zero-order valence-corrected chi connectivity index (χ0v) is 11.1. The Morgan fingerprint density at radius 2 is 1.56 bits per heavy atom. The lowest BCUT2D eigenvalue weighted by molar-refractivity contribution is -0.157. The van der Waals surface area contributed by atoms with E-state index >= 15 is 0 Å². The summed E-state index contributed by atoms with van der Waals surface area (Å²) in [4.78, 5) is 11.5. The zero-order valence-electron chi connectivity index (χ0n) is 11.1. The van der Waals surface area contributed by atoms with E-state index in [1.807, 2.05) is 6.92 Å². The second kappa shape index (κ2) is 9.64. The molecule has 0 heterocycles. The van der Waals surface area contributed by atoms with Crippen LogP contribution in [0.15, 0.2) is 0 Å². The van der Waals surface area contributed by atoms with Gasteiger partial charge in [-0.1, -0.05) is 33.6 Å². The minimum Gasteiger partial charge on any atom is -0.460 e. The van der Waals surface area contributed by atoms with Crippen LogP contribution in [-0.4, -0.2) is 25.3 Å². The van der Waals surface area contributed by atoms with Crippen LogP contribution in [0.3, 0.4) is 0 Å². The topological polar surface area (TPSA) is 35.5 Å². The molecular weight excluding hydrogens is 204 g/mol. The number of rotatable bonds is 9. The summed E-state index contributed by atoms with van der Waals surface area (Å²) in [6.45, 7) is 6.19. The van der Waals surface area contributed by atoms with Gasteiger partial charge in [0.1, 0.15) is 6.10 Å². The average molecular weight is 230 g/mol. The third-order valence-electron chi connectivity index (χ3n) is 2.60. The van der Waals surface area contributed by atoms with Gasteiger partial charge in [0.15, 0.2) is 0 Å². The van der Waals surface area contributed by atoms with Gasteiger partial charge in [0.05, 0.1) is 6.10 Å². The summed E-state index contributed by atoms with van der Waals surface area (Å²) in [6.07, 6.45) is 5.19. The van der Waals surface area contributed by atoms with Crippen LogP contribution in [0.25, 0.3) is 0 Å². The summed E-state index contributed by atoms with van der Waals surface area (Å²) in [5.74, 6) is -0.0981. The zero-order chi connectivity index (χ0) is 12.4. The molecule has 0 spiro atoms. The quantitative estimate of drug-likeness (QED) is 0.570. The third-order valence-corrected chi connectivity index (χ3v) is 2.60. The lowest BCUT2D eigenvalue weighted by Gasteiger charge is -2.25. The van der Waals surface area contributed by atoms with E-state index < -0.39 is 0 Å². The van der Waals surface area contributed by atoms with Gasteiger partial charge in [-0.25, -0.2) is 0 Å². The molecule has 0 N–H and O–H groups in total. The molecule has 0 aromatic carbocycles. The molecule has 16 heavy (non-hydrogen) atoms. The van der Waals surface area contributed by atoms with Crippen molar-refractivity contribution in [3.05, 3.63) is 0 Å². The van der Waals surface area contributed by atoms with Crippen LogP contribution in [0, 0.1) is 0 Å². The Bertz CT molecular complexity index is 180. The first-order chi connectivity index (χ1) is 7.69. The molecule has 0 aliphatic rings. The van der Waals surface area contributed by atoms with Crippen molar-refractivity contribution in [1.29, 1.82) is 0 Å². The Hall–Kier alpha value is -0.570. The summed E-state index contributed by atoms with van der Waals surface area (Å²) in [5, 5.41) is 0. The monoisotopic (exact) mass is 230 g/mol. The fourth-order valence-corrected chi connectivity index (χ4v) is 1.78. The maximum absolute atomic E-state index is 11.5. The summed E-state index contributed by atoms with van der Waals surface area (Å²) >= 11 is 0. The van der Waals surface area contributed by atoms with Gasteiger partial charge in [0, 0.05) is 13.5 Å². The number of carbonyl (C=O) groups is 1. The molecule has 0 saturated carbocycles. The molecule has 0 rings (SSSR count). The highest BCUT2D eigenvalue weighted by molar-refractivity contribution is 5.69. The number of methoxy groups -OCH3 is 1. The SMILES string of the molecule is CCCC(=O)OC(CCC)C(CCC)OC. The van der Waals surface area contributed by atoms with Gasteiger partial charge < -0.3 is 9.47 Å². The Kier molecular flexibility index (Phi) is 9.30. The highest BCUT2D eigenvalue weighted by atomic mass is 16.6. The van der Waals surface area contributed by atoms with Crippen molar-refractivity contribution < 1.29 is 14.3 Å². The maximum Gasteiger partial charge on any atom is 0.306 e. The summed E-state index contributed by atoms with van der Waals surface area (Å²) < 4.78 is 10.9. The Morgan fingerprint density at radius 3 is 2.00 bits per heavy atom. The van der Waals surface area contributed by atoms with Crippen molar-refractivity contribution in [2.24, 2.45) is 0 Å². The van der Waals surface area contributed by atoms with E-state index in [0.29, 0.717) is 6.42 Å². The molecule has 0 radical (unpaired) electrons. The standard InChI is InChI=1S/C13H26O3/c1-5-8-11(15-4)12(9-6-2)16-13(14)10-7-3/h11-12H,5-10H2,1-4H3. The number of esters is 1. The molecule has 0 amide bonds. The smallest absolute Gasteiger partial charge is 0.306 e. The third kappa shape index (κ3) is 6.11. The van der Waals surface area contributed by atoms with E-state index in [2.05, 4.69) is 13.8 Å². The van der Waals surface area contributed by atoms with E-state index in [1.54, 1.807) is 7.11 Å². The highest BCUT2D eigenvalue weighted by Crippen LogP contribution is 2.16. The Morgan fingerprint density at radius 1 is 1.00 bits per heavy atom. The van der Waals surface area contributed by atoms with Crippen LogP contribution in [0.4, 0.5) is 0 Å². The Balaban J connectivity index is 4.26. The van der Waals surface area contributed by atoms with Crippen molar-refractivity contribution >= 4 is 5.97 Å². The minimum atomic E-state index is -0.0981. The summed E-state index contributed by atoms with van der Waals surface area (Å²) in [5.41, 5.74) is 0. The predicted molar refractivity (Wildman–Crippen MR) is 65.4 cm³/mol. The molecule has 0 fully saturated rings. The van der Waals surface area contributed by atoms with Gasteiger partial charge in [-0.2, -0.15) is 0 Å². The number of hydrogen-bond acceptors (Lipinski definition) is 3. The molecule has 2 atom stereocenters. The van der Waals surface area contributed by atoms with Crippen LogP contribution >= 0.6 is 0 Å². The van der Waals surface area contributed by atoms with Gasteiger partial charge in [0.25, 0.3) is 0 Å². The molecule has 0 aromatic heterocycles.